The Morgan fingerprint density at radius 1 is 1.23 bits per heavy atom. The highest BCUT2D eigenvalue weighted by molar-refractivity contribution is 6.03. The van der Waals surface area contributed by atoms with Crippen molar-refractivity contribution in [1.29, 1.82) is 0 Å². The van der Waals surface area contributed by atoms with Crippen LogP contribution in [0, 0.1) is 0 Å². The lowest BCUT2D eigenvalue weighted by molar-refractivity contribution is 0.0154. The van der Waals surface area contributed by atoms with E-state index in [0.29, 0.717) is 12.4 Å². The van der Waals surface area contributed by atoms with E-state index >= 15 is 0 Å². The van der Waals surface area contributed by atoms with Gasteiger partial charge in [0.25, 0.3) is 17.0 Å². The molecule has 0 spiro atoms. The van der Waals surface area contributed by atoms with E-state index in [2.05, 4.69) is 41.0 Å². The van der Waals surface area contributed by atoms with Crippen LogP contribution in [0.1, 0.15) is 62.5 Å². The lowest BCUT2D eigenvalue weighted by Crippen LogP contribution is -2.45. The first-order valence-corrected chi connectivity index (χ1v) is 10.5. The number of imidazole rings is 1. The van der Waals surface area contributed by atoms with Crippen molar-refractivity contribution in [3.8, 4) is 0 Å². The Morgan fingerprint density at radius 3 is 2.58 bits per heavy atom. The normalized spacial score (nSPS) is 23.7. The van der Waals surface area contributed by atoms with Crippen LogP contribution in [0.4, 0.5) is 5.69 Å². The molecule has 1 aliphatic carbocycles. The zero-order chi connectivity index (χ0) is 22.2. The van der Waals surface area contributed by atoms with E-state index in [4.69, 9.17) is 4.74 Å². The molecule has 0 radical (unpaired) electrons. The van der Waals surface area contributed by atoms with E-state index in [1.54, 1.807) is 10.5 Å². The highest BCUT2D eigenvalue weighted by atomic mass is 16.5. The van der Waals surface area contributed by atoms with Gasteiger partial charge in [0.15, 0.2) is 0 Å². The Hall–Kier alpha value is -3.20. The van der Waals surface area contributed by atoms with Gasteiger partial charge in [0, 0.05) is 24.0 Å². The van der Waals surface area contributed by atoms with Crippen molar-refractivity contribution in [2.45, 2.75) is 57.5 Å². The summed E-state index contributed by atoms with van der Waals surface area (Å²) in [6.45, 7) is 7.06. The monoisotopic (exact) mass is 425 g/mol. The van der Waals surface area contributed by atoms with Crippen LogP contribution in [0.25, 0.3) is 5.78 Å². The number of pyridine rings is 1. The van der Waals surface area contributed by atoms with Crippen LogP contribution >= 0.6 is 0 Å². The molecule has 164 valence electrons. The number of amides is 1. The number of H-pyrrole nitrogens is 2. The fraction of sp³-hybridized carbons (Fsp3) is 0.455. The van der Waals surface area contributed by atoms with Crippen molar-refractivity contribution in [3.05, 3.63) is 62.7 Å². The Balaban J connectivity index is 0.000000535. The van der Waals surface area contributed by atoms with Crippen molar-refractivity contribution >= 4 is 17.4 Å². The smallest absolute Gasteiger partial charge is 0.271 e. The molecule has 3 aliphatic rings. The van der Waals surface area contributed by atoms with Gasteiger partial charge in [0.05, 0.1) is 17.9 Å². The van der Waals surface area contributed by atoms with E-state index in [0.717, 1.165) is 18.5 Å². The Bertz CT molecular complexity index is 1230. The molecule has 3 aromatic rings. The molecule has 3 fully saturated rings. The Morgan fingerprint density at radius 2 is 1.97 bits per heavy atom. The zero-order valence-corrected chi connectivity index (χ0v) is 17.9. The van der Waals surface area contributed by atoms with Gasteiger partial charge in [0.2, 0.25) is 5.78 Å². The maximum atomic E-state index is 12.5. The highest BCUT2D eigenvalue weighted by Crippen LogP contribution is 2.58. The van der Waals surface area contributed by atoms with Crippen LogP contribution in [0.3, 0.4) is 0 Å². The second-order valence-electron chi connectivity index (χ2n) is 8.59. The van der Waals surface area contributed by atoms with Gasteiger partial charge in [-0.2, -0.15) is 0 Å². The van der Waals surface area contributed by atoms with Gasteiger partial charge in [-0.05, 0) is 31.9 Å². The van der Waals surface area contributed by atoms with Crippen molar-refractivity contribution in [3.63, 3.8) is 0 Å². The maximum absolute atomic E-state index is 12.5. The number of aromatic nitrogens is 4. The Kier molecular flexibility index (Phi) is 5.30. The Labute approximate surface area is 178 Å². The summed E-state index contributed by atoms with van der Waals surface area (Å²) < 4.78 is 7.44. The first-order valence-electron chi connectivity index (χ1n) is 10.5. The third-order valence-electron chi connectivity index (χ3n) is 5.95. The molecule has 6 rings (SSSR count). The predicted molar refractivity (Wildman–Crippen MR) is 117 cm³/mol. The van der Waals surface area contributed by atoms with Gasteiger partial charge in [0.1, 0.15) is 11.3 Å². The zero-order valence-electron chi connectivity index (χ0n) is 17.9. The molecule has 1 saturated carbocycles. The van der Waals surface area contributed by atoms with Crippen LogP contribution in [-0.2, 0) is 10.2 Å². The molecule has 5 heterocycles. The van der Waals surface area contributed by atoms with Gasteiger partial charge in [-0.15, -0.1) is 0 Å². The standard InChI is InChI=1S/C18H17N5O4.C4H10/c1-17-7-18(8-17,9-27-17)12-6-23-5-10(14(25)22-16(23)21-12)13(24)20-11-3-2-4-19-15(11)26;1-3-4-2/h2-6H,7-9H2,1H3,(H,19,26)(H,20,24)(H,21,22,25);3-4H2,1-2H3. The maximum Gasteiger partial charge on any atom is 0.271 e. The summed E-state index contributed by atoms with van der Waals surface area (Å²) in [5, 5.41) is 2.46. The van der Waals surface area contributed by atoms with E-state index in [1.165, 1.54) is 31.3 Å². The first kappa shape index (κ1) is 21.0. The lowest BCUT2D eigenvalue weighted by Gasteiger charge is -2.41. The summed E-state index contributed by atoms with van der Waals surface area (Å²) in [6.07, 6.45) is 9.16. The van der Waals surface area contributed by atoms with E-state index in [-0.39, 0.29) is 22.3 Å². The number of aromatic amines is 2. The molecule has 1 amide bonds. The summed E-state index contributed by atoms with van der Waals surface area (Å²) in [6, 6.07) is 3.05. The van der Waals surface area contributed by atoms with E-state index < -0.39 is 17.0 Å². The van der Waals surface area contributed by atoms with Gasteiger partial charge in [-0.25, -0.2) is 4.98 Å². The number of hydrogen-bond donors (Lipinski definition) is 3. The molecule has 31 heavy (non-hydrogen) atoms. The molecular weight excluding hydrogens is 398 g/mol. The van der Waals surface area contributed by atoms with Crippen molar-refractivity contribution in [1.82, 2.24) is 19.4 Å². The number of hydrogen-bond acceptors (Lipinski definition) is 5. The number of nitrogens with zero attached hydrogens (tertiary/aromatic N) is 2. The number of rotatable bonds is 4. The summed E-state index contributed by atoms with van der Waals surface area (Å²) in [4.78, 5) is 46.2. The lowest BCUT2D eigenvalue weighted by atomic mass is 9.62. The summed E-state index contributed by atoms with van der Waals surface area (Å²) in [5.74, 6) is -0.289. The summed E-state index contributed by atoms with van der Waals surface area (Å²) >= 11 is 0. The van der Waals surface area contributed by atoms with Crippen LogP contribution in [-0.4, -0.2) is 37.5 Å². The minimum Gasteiger partial charge on any atom is -0.374 e. The summed E-state index contributed by atoms with van der Waals surface area (Å²) in [5.41, 5.74) is -0.374. The minimum absolute atomic E-state index is 0.0724. The molecule has 9 nitrogen and oxygen atoms in total. The number of nitrogens with one attached hydrogen (secondary N) is 3. The quantitative estimate of drug-likeness (QED) is 0.593. The molecule has 2 bridgehead atoms. The van der Waals surface area contributed by atoms with Crippen LogP contribution in [0.15, 0.2) is 40.3 Å². The van der Waals surface area contributed by atoms with Gasteiger partial charge in [-0.3, -0.25) is 23.8 Å². The van der Waals surface area contributed by atoms with Crippen LogP contribution in [0.5, 0.6) is 0 Å². The molecule has 2 saturated heterocycles. The molecule has 0 unspecified atom stereocenters. The fourth-order valence-electron chi connectivity index (χ4n) is 4.23. The van der Waals surface area contributed by atoms with Crippen molar-refractivity contribution in [2.24, 2.45) is 0 Å². The first-order chi connectivity index (χ1) is 14.8. The van der Waals surface area contributed by atoms with Gasteiger partial charge in [-0.1, -0.05) is 26.7 Å². The third-order valence-corrected chi connectivity index (χ3v) is 5.95. The average Bonchev–Trinajstić information content (AvgIpc) is 3.39. The molecule has 0 aromatic carbocycles. The average molecular weight is 425 g/mol. The SMILES string of the molecule is CC12CC(c3cn4cc(C(=O)Nc5ccc[nH]c5=O)c(=O)[nH]c4n3)(CO1)C2.CCCC. The number of carbonyl (C=O) groups is 1. The molecular formula is C22H27N5O4. The third kappa shape index (κ3) is 3.81. The molecule has 0 atom stereocenters. The van der Waals surface area contributed by atoms with E-state index in [9.17, 15) is 14.4 Å². The second-order valence-corrected chi connectivity index (χ2v) is 8.59. The molecule has 2 aliphatic heterocycles. The molecule has 9 heteroatoms. The summed E-state index contributed by atoms with van der Waals surface area (Å²) in [7, 11) is 0. The number of anilines is 1. The molecule has 3 N–H and O–H groups in total. The van der Waals surface area contributed by atoms with Crippen LogP contribution in [0.2, 0.25) is 0 Å². The minimum atomic E-state index is -0.663. The van der Waals surface area contributed by atoms with Crippen molar-refractivity contribution < 1.29 is 9.53 Å². The second kappa shape index (κ2) is 7.81. The number of ether oxygens (including phenoxy) is 1. The fourth-order valence-corrected chi connectivity index (χ4v) is 4.23. The van der Waals surface area contributed by atoms with E-state index in [1.807, 2.05) is 6.20 Å². The highest BCUT2D eigenvalue weighted by Gasteiger charge is 2.61. The predicted octanol–water partition coefficient (Wildman–Crippen LogP) is 2.59. The number of carbonyl (C=O) groups excluding carboxylic acids is 1. The largest absolute Gasteiger partial charge is 0.374 e. The van der Waals surface area contributed by atoms with Gasteiger partial charge >= 0.3 is 0 Å². The van der Waals surface area contributed by atoms with Crippen molar-refractivity contribution in [2.75, 3.05) is 11.9 Å². The molecule has 3 aromatic heterocycles. The number of unbranched alkanes of at least 4 members (excludes halogenated alkanes) is 1. The van der Waals surface area contributed by atoms with Gasteiger partial charge < -0.3 is 15.0 Å². The van der Waals surface area contributed by atoms with Crippen LogP contribution < -0.4 is 16.4 Å². The number of fused-ring (bicyclic) bond motifs is 2. The topological polar surface area (TPSA) is 121 Å².